The van der Waals surface area contributed by atoms with Crippen molar-refractivity contribution in [1.29, 1.82) is 0 Å². The van der Waals surface area contributed by atoms with Crippen molar-refractivity contribution in [3.63, 3.8) is 0 Å². The SMILES string of the molecule is Nc1ccc(C(=O)Nc2cc(Cl)ccc2Cl)cn1. The van der Waals surface area contributed by atoms with Crippen molar-refractivity contribution < 1.29 is 4.79 Å². The number of nitrogens with one attached hydrogen (secondary N) is 1. The monoisotopic (exact) mass is 281 g/mol. The lowest BCUT2D eigenvalue weighted by atomic mass is 10.2. The first-order chi connectivity index (χ1) is 8.56. The molecule has 0 bridgehead atoms. The fourth-order valence-electron chi connectivity index (χ4n) is 1.33. The van der Waals surface area contributed by atoms with Crippen LogP contribution in [0.4, 0.5) is 11.5 Å². The van der Waals surface area contributed by atoms with Gasteiger partial charge in [0.1, 0.15) is 5.82 Å². The highest BCUT2D eigenvalue weighted by atomic mass is 35.5. The van der Waals surface area contributed by atoms with Crippen LogP contribution >= 0.6 is 23.2 Å². The Labute approximate surface area is 114 Å². The number of rotatable bonds is 2. The number of carbonyl (C=O) groups is 1. The van der Waals surface area contributed by atoms with Crippen LogP contribution in [0.3, 0.4) is 0 Å². The molecule has 2 rings (SSSR count). The Morgan fingerprint density at radius 2 is 2.00 bits per heavy atom. The van der Waals surface area contributed by atoms with Gasteiger partial charge in [-0.1, -0.05) is 23.2 Å². The molecule has 0 aliphatic rings. The van der Waals surface area contributed by atoms with Crippen molar-refractivity contribution in [3.8, 4) is 0 Å². The van der Waals surface area contributed by atoms with Crippen molar-refractivity contribution in [3.05, 3.63) is 52.1 Å². The number of hydrogen-bond acceptors (Lipinski definition) is 3. The van der Waals surface area contributed by atoms with E-state index in [-0.39, 0.29) is 5.91 Å². The summed E-state index contributed by atoms with van der Waals surface area (Å²) in [5, 5.41) is 3.55. The van der Waals surface area contributed by atoms with Crippen LogP contribution in [0.5, 0.6) is 0 Å². The van der Waals surface area contributed by atoms with Crippen LogP contribution in [-0.4, -0.2) is 10.9 Å². The zero-order valence-electron chi connectivity index (χ0n) is 9.15. The lowest BCUT2D eigenvalue weighted by Crippen LogP contribution is -2.12. The molecule has 2 aromatic rings. The molecule has 0 aliphatic carbocycles. The lowest BCUT2D eigenvalue weighted by molar-refractivity contribution is 0.102. The quantitative estimate of drug-likeness (QED) is 0.888. The molecule has 0 spiro atoms. The third-order valence-electron chi connectivity index (χ3n) is 2.23. The minimum absolute atomic E-state index is 0.327. The van der Waals surface area contributed by atoms with E-state index in [2.05, 4.69) is 10.3 Å². The molecular formula is C12H9Cl2N3O. The van der Waals surface area contributed by atoms with E-state index in [0.717, 1.165) is 0 Å². The van der Waals surface area contributed by atoms with Gasteiger partial charge in [-0.05, 0) is 30.3 Å². The largest absolute Gasteiger partial charge is 0.384 e. The van der Waals surface area contributed by atoms with Gasteiger partial charge >= 0.3 is 0 Å². The van der Waals surface area contributed by atoms with Gasteiger partial charge in [-0.2, -0.15) is 0 Å². The summed E-state index contributed by atoms with van der Waals surface area (Å²) in [7, 11) is 0. The summed E-state index contributed by atoms with van der Waals surface area (Å²) in [5.41, 5.74) is 6.28. The normalized spacial score (nSPS) is 10.1. The van der Waals surface area contributed by atoms with E-state index in [4.69, 9.17) is 28.9 Å². The molecule has 18 heavy (non-hydrogen) atoms. The Hall–Kier alpha value is -1.78. The molecule has 4 nitrogen and oxygen atoms in total. The average Bonchev–Trinajstić information content (AvgIpc) is 2.34. The molecule has 0 fully saturated rings. The summed E-state index contributed by atoms with van der Waals surface area (Å²) >= 11 is 11.8. The number of hydrogen-bond donors (Lipinski definition) is 2. The third kappa shape index (κ3) is 2.91. The van der Waals surface area contributed by atoms with Gasteiger partial charge < -0.3 is 11.1 Å². The number of nitrogens with two attached hydrogens (primary N) is 1. The summed E-state index contributed by atoms with van der Waals surface area (Å²) in [5.74, 6) is 0.0269. The molecule has 1 aromatic heterocycles. The highest BCUT2D eigenvalue weighted by Crippen LogP contribution is 2.25. The van der Waals surface area contributed by atoms with Crippen LogP contribution in [0.2, 0.25) is 10.0 Å². The minimum Gasteiger partial charge on any atom is -0.384 e. The van der Waals surface area contributed by atoms with Gasteiger partial charge in [0.2, 0.25) is 0 Å². The van der Waals surface area contributed by atoms with Crippen LogP contribution in [-0.2, 0) is 0 Å². The predicted molar refractivity (Wildman–Crippen MR) is 73.1 cm³/mol. The van der Waals surface area contributed by atoms with Gasteiger partial charge in [0.05, 0.1) is 16.3 Å². The van der Waals surface area contributed by atoms with Crippen molar-refractivity contribution in [1.82, 2.24) is 4.98 Å². The Morgan fingerprint density at radius 1 is 1.22 bits per heavy atom. The van der Waals surface area contributed by atoms with E-state index < -0.39 is 0 Å². The molecule has 1 amide bonds. The van der Waals surface area contributed by atoms with Gasteiger partial charge in [-0.15, -0.1) is 0 Å². The van der Waals surface area contributed by atoms with Crippen LogP contribution in [0, 0.1) is 0 Å². The zero-order chi connectivity index (χ0) is 13.1. The van der Waals surface area contributed by atoms with Crippen LogP contribution in [0.25, 0.3) is 0 Å². The van der Waals surface area contributed by atoms with E-state index in [1.165, 1.54) is 6.20 Å². The molecule has 0 unspecified atom stereocenters. The molecule has 0 saturated carbocycles. The maximum atomic E-state index is 11.9. The van der Waals surface area contributed by atoms with Crippen molar-refractivity contribution in [2.24, 2.45) is 0 Å². The molecule has 3 N–H and O–H groups in total. The van der Waals surface area contributed by atoms with Gasteiger partial charge in [0.15, 0.2) is 0 Å². The number of pyridine rings is 1. The first kappa shape index (κ1) is 12.7. The highest BCUT2D eigenvalue weighted by Gasteiger charge is 2.09. The third-order valence-corrected chi connectivity index (χ3v) is 2.79. The van der Waals surface area contributed by atoms with Crippen LogP contribution in [0.15, 0.2) is 36.5 Å². The number of anilines is 2. The molecule has 6 heteroatoms. The van der Waals surface area contributed by atoms with E-state index in [9.17, 15) is 4.79 Å². The molecule has 0 aliphatic heterocycles. The number of nitrogens with zero attached hydrogens (tertiary/aromatic N) is 1. The first-order valence-corrected chi connectivity index (χ1v) is 5.80. The Morgan fingerprint density at radius 3 is 2.67 bits per heavy atom. The maximum Gasteiger partial charge on any atom is 0.257 e. The number of carbonyl (C=O) groups excluding carboxylic acids is 1. The lowest BCUT2D eigenvalue weighted by Gasteiger charge is -2.07. The zero-order valence-corrected chi connectivity index (χ0v) is 10.7. The number of benzene rings is 1. The number of aromatic nitrogens is 1. The number of amides is 1. The second-order valence-electron chi connectivity index (χ2n) is 3.55. The second-order valence-corrected chi connectivity index (χ2v) is 4.39. The van der Waals surface area contributed by atoms with E-state index in [0.29, 0.717) is 27.1 Å². The summed E-state index contributed by atoms with van der Waals surface area (Å²) in [4.78, 5) is 15.7. The summed E-state index contributed by atoms with van der Waals surface area (Å²) in [6.45, 7) is 0. The van der Waals surface area contributed by atoms with E-state index >= 15 is 0 Å². The summed E-state index contributed by atoms with van der Waals surface area (Å²) in [6, 6.07) is 7.96. The van der Waals surface area contributed by atoms with Crippen LogP contribution in [0.1, 0.15) is 10.4 Å². The summed E-state index contributed by atoms with van der Waals surface area (Å²) < 4.78 is 0. The van der Waals surface area contributed by atoms with E-state index in [1.54, 1.807) is 30.3 Å². The fourth-order valence-corrected chi connectivity index (χ4v) is 1.66. The molecule has 0 saturated heterocycles. The fraction of sp³-hybridized carbons (Fsp3) is 0. The topological polar surface area (TPSA) is 68.0 Å². The van der Waals surface area contributed by atoms with Crippen LogP contribution < -0.4 is 11.1 Å². The second kappa shape index (κ2) is 5.25. The predicted octanol–water partition coefficient (Wildman–Crippen LogP) is 3.22. The average molecular weight is 282 g/mol. The summed E-state index contributed by atoms with van der Waals surface area (Å²) in [6.07, 6.45) is 1.39. The van der Waals surface area contributed by atoms with Gasteiger partial charge in [-0.3, -0.25) is 4.79 Å². The Balaban J connectivity index is 2.21. The highest BCUT2D eigenvalue weighted by molar-refractivity contribution is 6.35. The first-order valence-electron chi connectivity index (χ1n) is 5.04. The van der Waals surface area contributed by atoms with Crippen molar-refractivity contribution in [2.75, 3.05) is 11.1 Å². The van der Waals surface area contributed by atoms with Gasteiger partial charge in [0, 0.05) is 11.2 Å². The number of nitrogen functional groups attached to an aromatic ring is 1. The molecular weight excluding hydrogens is 273 g/mol. The molecule has 1 heterocycles. The van der Waals surface area contributed by atoms with Gasteiger partial charge in [-0.25, -0.2) is 4.98 Å². The Kier molecular flexibility index (Phi) is 3.69. The minimum atomic E-state index is -0.327. The number of halogens is 2. The maximum absolute atomic E-state index is 11.9. The Bertz CT molecular complexity index is 584. The molecule has 0 radical (unpaired) electrons. The molecule has 92 valence electrons. The smallest absolute Gasteiger partial charge is 0.257 e. The molecule has 0 atom stereocenters. The van der Waals surface area contributed by atoms with Crippen molar-refractivity contribution in [2.45, 2.75) is 0 Å². The standard InChI is InChI=1S/C12H9Cl2N3O/c13-8-2-3-9(14)10(5-8)17-12(18)7-1-4-11(15)16-6-7/h1-6H,(H2,15,16)(H,17,18). The van der Waals surface area contributed by atoms with Gasteiger partial charge in [0.25, 0.3) is 5.91 Å². The molecule has 1 aromatic carbocycles. The van der Waals surface area contributed by atoms with Crippen molar-refractivity contribution >= 4 is 40.6 Å². The van der Waals surface area contributed by atoms with E-state index in [1.807, 2.05) is 0 Å².